The second-order valence-electron chi connectivity index (χ2n) is 8.48. The molecule has 0 spiro atoms. The Balaban J connectivity index is 2.17. The maximum Gasteiger partial charge on any atom is 0.175 e. The molecule has 1 aromatic rings. The lowest BCUT2D eigenvalue weighted by Gasteiger charge is -2.46. The van der Waals surface area contributed by atoms with Gasteiger partial charge in [-0.3, -0.25) is 0 Å². The summed E-state index contributed by atoms with van der Waals surface area (Å²) in [5.74, 6) is 0. The molecule has 1 fully saturated rings. The van der Waals surface area contributed by atoms with Crippen molar-refractivity contribution >= 4 is 0 Å². The molecule has 0 radical (unpaired) electrons. The molecule has 1 saturated heterocycles. The fourth-order valence-corrected chi connectivity index (χ4v) is 3.86. The van der Waals surface area contributed by atoms with Crippen LogP contribution in [-0.2, 0) is 30.2 Å². The highest BCUT2D eigenvalue weighted by molar-refractivity contribution is 5.14. The summed E-state index contributed by atoms with van der Waals surface area (Å²) < 4.78 is 31.0. The molecule has 0 aromatic heterocycles. The normalized spacial score (nSPS) is 25.8. The molecular formula is C26H45NO5. The van der Waals surface area contributed by atoms with E-state index in [4.69, 9.17) is 23.7 Å². The van der Waals surface area contributed by atoms with Gasteiger partial charge in [-0.25, -0.2) is 0 Å². The van der Waals surface area contributed by atoms with Gasteiger partial charge in [0.1, 0.15) is 18.3 Å². The molecule has 0 unspecified atom stereocenters. The molecule has 1 N–H and O–H groups in total. The fourth-order valence-electron chi connectivity index (χ4n) is 3.86. The monoisotopic (exact) mass is 451 g/mol. The Morgan fingerprint density at radius 1 is 0.844 bits per heavy atom. The van der Waals surface area contributed by atoms with E-state index in [2.05, 4.69) is 50.4 Å². The van der Waals surface area contributed by atoms with E-state index in [1.807, 2.05) is 6.07 Å². The molecule has 2 rings (SSSR count). The van der Waals surface area contributed by atoms with Crippen molar-refractivity contribution in [1.29, 1.82) is 0 Å². The molecule has 0 bridgehead atoms. The molecule has 32 heavy (non-hydrogen) atoms. The van der Waals surface area contributed by atoms with E-state index in [1.54, 1.807) is 7.11 Å². The van der Waals surface area contributed by atoms with E-state index in [0.29, 0.717) is 26.4 Å². The number of benzene rings is 1. The summed E-state index contributed by atoms with van der Waals surface area (Å²) in [6.45, 7) is 9.82. The minimum absolute atomic E-state index is 0.143. The molecular weight excluding hydrogens is 406 g/mol. The molecule has 0 amide bonds. The maximum atomic E-state index is 6.45. The SMILES string of the molecule is CCCCOC[C@H]1O[C@@H](OC)[C@@H](NCc2ccccc2)[C@@H](OCCCC)[C@H]1OCCCC. The molecule has 184 valence electrons. The first-order valence-corrected chi connectivity index (χ1v) is 12.5. The molecule has 1 aromatic carbocycles. The van der Waals surface area contributed by atoms with Gasteiger partial charge in [-0.15, -0.1) is 0 Å². The van der Waals surface area contributed by atoms with Crippen LogP contribution in [0.25, 0.3) is 0 Å². The third-order valence-corrected chi connectivity index (χ3v) is 5.80. The van der Waals surface area contributed by atoms with E-state index in [1.165, 1.54) is 5.56 Å². The molecule has 1 aliphatic heterocycles. The van der Waals surface area contributed by atoms with E-state index >= 15 is 0 Å². The standard InChI is InChI=1S/C26H45NO5/c1-5-8-16-29-20-22-24(30-17-9-6-2)25(31-18-10-7-3)23(26(28-4)32-22)27-19-21-14-12-11-13-15-21/h11-15,22-27H,5-10,16-20H2,1-4H3/t22-,23+,24+,25-,26-/m1/s1. The Bertz CT molecular complexity index is 573. The first-order chi connectivity index (χ1) is 15.7. The third-order valence-electron chi connectivity index (χ3n) is 5.80. The molecule has 0 aliphatic carbocycles. The number of rotatable bonds is 17. The second kappa shape index (κ2) is 16.6. The van der Waals surface area contributed by atoms with Gasteiger partial charge in [0.2, 0.25) is 0 Å². The first kappa shape index (κ1) is 27.2. The number of hydrogen-bond donors (Lipinski definition) is 1. The van der Waals surface area contributed by atoms with Gasteiger partial charge in [0.15, 0.2) is 6.29 Å². The Morgan fingerprint density at radius 2 is 1.47 bits per heavy atom. The lowest BCUT2D eigenvalue weighted by Crippen LogP contribution is -2.65. The van der Waals surface area contributed by atoms with Crippen LogP contribution >= 0.6 is 0 Å². The highest BCUT2D eigenvalue weighted by atomic mass is 16.7. The quantitative estimate of drug-likeness (QED) is 0.346. The second-order valence-corrected chi connectivity index (χ2v) is 8.48. The van der Waals surface area contributed by atoms with Crippen LogP contribution < -0.4 is 5.32 Å². The van der Waals surface area contributed by atoms with Crippen LogP contribution in [0.2, 0.25) is 0 Å². The summed E-state index contributed by atoms with van der Waals surface area (Å²) >= 11 is 0. The van der Waals surface area contributed by atoms with Crippen LogP contribution in [0.1, 0.15) is 64.9 Å². The summed E-state index contributed by atoms with van der Waals surface area (Å²) in [4.78, 5) is 0. The van der Waals surface area contributed by atoms with Crippen LogP contribution in [0.3, 0.4) is 0 Å². The van der Waals surface area contributed by atoms with Crippen LogP contribution in [0.5, 0.6) is 0 Å². The lowest BCUT2D eigenvalue weighted by atomic mass is 9.95. The molecule has 1 aliphatic rings. The van der Waals surface area contributed by atoms with Gasteiger partial charge in [0.05, 0.1) is 12.6 Å². The van der Waals surface area contributed by atoms with Crippen LogP contribution in [-0.4, -0.2) is 64.2 Å². The fraction of sp³-hybridized carbons (Fsp3) is 0.769. The molecule has 5 atom stereocenters. The average Bonchev–Trinajstić information content (AvgIpc) is 2.82. The van der Waals surface area contributed by atoms with Gasteiger partial charge in [-0.05, 0) is 24.8 Å². The summed E-state index contributed by atoms with van der Waals surface area (Å²) in [6.07, 6.45) is 5.30. The highest BCUT2D eigenvalue weighted by Gasteiger charge is 2.47. The van der Waals surface area contributed by atoms with Gasteiger partial charge >= 0.3 is 0 Å². The summed E-state index contributed by atoms with van der Waals surface area (Å²) in [5, 5.41) is 3.64. The third kappa shape index (κ3) is 9.08. The van der Waals surface area contributed by atoms with E-state index < -0.39 is 6.29 Å². The van der Waals surface area contributed by atoms with Crippen molar-refractivity contribution in [3.05, 3.63) is 35.9 Å². The van der Waals surface area contributed by atoms with Gasteiger partial charge in [0, 0.05) is 33.5 Å². The van der Waals surface area contributed by atoms with Crippen LogP contribution in [0.4, 0.5) is 0 Å². The number of unbranched alkanes of at least 4 members (excludes halogenated alkanes) is 3. The zero-order chi connectivity index (χ0) is 23.0. The van der Waals surface area contributed by atoms with Crippen molar-refractivity contribution in [2.45, 2.75) is 96.5 Å². The molecule has 1 heterocycles. The van der Waals surface area contributed by atoms with E-state index in [9.17, 15) is 0 Å². The number of hydrogen-bond acceptors (Lipinski definition) is 6. The van der Waals surface area contributed by atoms with Crippen molar-refractivity contribution < 1.29 is 23.7 Å². The van der Waals surface area contributed by atoms with Gasteiger partial charge < -0.3 is 29.0 Å². The maximum absolute atomic E-state index is 6.45. The predicted molar refractivity (Wildman–Crippen MR) is 128 cm³/mol. The van der Waals surface area contributed by atoms with Crippen molar-refractivity contribution in [2.24, 2.45) is 0 Å². The topological polar surface area (TPSA) is 58.2 Å². The summed E-state index contributed by atoms with van der Waals surface area (Å²) in [6, 6.07) is 10.2. The predicted octanol–water partition coefficient (Wildman–Crippen LogP) is 4.70. The number of methoxy groups -OCH3 is 1. The van der Waals surface area contributed by atoms with E-state index in [-0.39, 0.29) is 24.4 Å². The van der Waals surface area contributed by atoms with E-state index in [0.717, 1.165) is 45.1 Å². The zero-order valence-corrected chi connectivity index (χ0v) is 20.6. The summed E-state index contributed by atoms with van der Waals surface area (Å²) in [7, 11) is 1.69. The summed E-state index contributed by atoms with van der Waals surface area (Å²) in [5.41, 5.74) is 1.21. The molecule has 6 nitrogen and oxygen atoms in total. The van der Waals surface area contributed by atoms with Crippen molar-refractivity contribution in [1.82, 2.24) is 5.32 Å². The first-order valence-electron chi connectivity index (χ1n) is 12.5. The van der Waals surface area contributed by atoms with Crippen molar-refractivity contribution in [3.63, 3.8) is 0 Å². The van der Waals surface area contributed by atoms with Crippen molar-refractivity contribution in [3.8, 4) is 0 Å². The molecule has 6 heteroatoms. The van der Waals surface area contributed by atoms with Crippen LogP contribution in [0.15, 0.2) is 30.3 Å². The smallest absolute Gasteiger partial charge is 0.175 e. The largest absolute Gasteiger partial charge is 0.379 e. The lowest BCUT2D eigenvalue weighted by molar-refractivity contribution is -0.282. The molecule has 0 saturated carbocycles. The average molecular weight is 452 g/mol. The number of nitrogens with one attached hydrogen (secondary N) is 1. The van der Waals surface area contributed by atoms with Gasteiger partial charge in [-0.2, -0.15) is 0 Å². The van der Waals surface area contributed by atoms with Gasteiger partial charge in [-0.1, -0.05) is 70.4 Å². The Morgan fingerprint density at radius 3 is 2.09 bits per heavy atom. The van der Waals surface area contributed by atoms with Crippen molar-refractivity contribution in [2.75, 3.05) is 33.5 Å². The zero-order valence-electron chi connectivity index (χ0n) is 20.6. The number of ether oxygens (including phenoxy) is 5. The Labute approximate surface area is 195 Å². The minimum atomic E-state index is -0.434. The Kier molecular flexibility index (Phi) is 14.1. The Hall–Kier alpha value is -1.02. The minimum Gasteiger partial charge on any atom is -0.379 e. The van der Waals surface area contributed by atoms with Gasteiger partial charge in [0.25, 0.3) is 0 Å². The highest BCUT2D eigenvalue weighted by Crippen LogP contribution is 2.28. The van der Waals surface area contributed by atoms with Crippen LogP contribution in [0, 0.1) is 0 Å².